The molecule has 6 aromatic rings. The molecule has 7 rings (SSSR count). The van der Waals surface area contributed by atoms with Gasteiger partial charge in [0.2, 0.25) is 0 Å². The second-order valence-corrected chi connectivity index (χ2v) is 11.1. The summed E-state index contributed by atoms with van der Waals surface area (Å²) in [6, 6.07) is 17.9. The Bertz CT molecular complexity index is 1800. The van der Waals surface area contributed by atoms with Crippen molar-refractivity contribution in [2.75, 3.05) is 6.54 Å². The highest BCUT2D eigenvalue weighted by molar-refractivity contribution is 9.10. The molecule has 12 heteroatoms. The molecular weight excluding hydrogens is 578 g/mol. The molecule has 0 N–H and O–H groups in total. The van der Waals surface area contributed by atoms with Gasteiger partial charge in [-0.25, -0.2) is 4.98 Å². The molecule has 0 saturated heterocycles. The minimum atomic E-state index is -0.0227. The van der Waals surface area contributed by atoms with Gasteiger partial charge >= 0.3 is 0 Å². The second kappa shape index (κ2) is 9.86. The van der Waals surface area contributed by atoms with E-state index in [1.54, 1.807) is 0 Å². The van der Waals surface area contributed by atoms with E-state index in [0.717, 1.165) is 50.3 Å². The molecule has 1 aliphatic heterocycles. The standard InChI is InChI=1S/C27H22BrN9OS/c28-19-7-5-18(6-8-19)22-13-26(39-32-22)27(38)34-10-12-37-25(16-34)20(14-30-37)23-15-36(33-31-23)11-9-35-17-29-21-3-1-2-4-24(21)35/h1-8,13-15,17H,9-12,16H2. The van der Waals surface area contributed by atoms with Crippen molar-refractivity contribution < 1.29 is 4.79 Å². The summed E-state index contributed by atoms with van der Waals surface area (Å²) in [6.07, 6.45) is 5.61. The van der Waals surface area contributed by atoms with Crippen molar-refractivity contribution >= 4 is 44.4 Å². The van der Waals surface area contributed by atoms with E-state index in [1.165, 1.54) is 11.5 Å². The third kappa shape index (κ3) is 4.55. The van der Waals surface area contributed by atoms with Crippen LogP contribution in [-0.2, 0) is 26.2 Å². The number of imidazole rings is 1. The summed E-state index contributed by atoms with van der Waals surface area (Å²) in [4.78, 5) is 20.3. The van der Waals surface area contributed by atoms with Crippen molar-refractivity contribution in [2.24, 2.45) is 0 Å². The maximum atomic E-state index is 13.4. The average molecular weight is 601 g/mol. The normalized spacial score (nSPS) is 13.2. The van der Waals surface area contributed by atoms with E-state index in [-0.39, 0.29) is 5.91 Å². The molecule has 0 radical (unpaired) electrons. The third-order valence-corrected chi connectivity index (χ3v) is 8.24. The van der Waals surface area contributed by atoms with E-state index in [9.17, 15) is 4.79 Å². The predicted molar refractivity (Wildman–Crippen MR) is 151 cm³/mol. The lowest BCUT2D eigenvalue weighted by Gasteiger charge is -2.27. The number of halogens is 1. The van der Waals surface area contributed by atoms with Gasteiger partial charge in [0.1, 0.15) is 10.6 Å². The van der Waals surface area contributed by atoms with Crippen LogP contribution >= 0.6 is 27.5 Å². The molecule has 4 aromatic heterocycles. The number of benzene rings is 2. The van der Waals surface area contributed by atoms with Gasteiger partial charge in [-0.15, -0.1) is 5.10 Å². The fourth-order valence-electron chi connectivity index (χ4n) is 4.85. The maximum Gasteiger partial charge on any atom is 0.265 e. The van der Waals surface area contributed by atoms with Gasteiger partial charge in [0.05, 0.1) is 60.8 Å². The summed E-state index contributed by atoms with van der Waals surface area (Å²) in [7, 11) is 0. The van der Waals surface area contributed by atoms with Gasteiger partial charge in [-0.2, -0.15) is 9.47 Å². The van der Waals surface area contributed by atoms with Crippen LogP contribution in [0.4, 0.5) is 0 Å². The average Bonchev–Trinajstić information content (AvgIpc) is 3.77. The van der Waals surface area contributed by atoms with Crippen molar-refractivity contribution in [3.63, 3.8) is 0 Å². The van der Waals surface area contributed by atoms with E-state index < -0.39 is 0 Å². The lowest BCUT2D eigenvalue weighted by atomic mass is 10.1. The van der Waals surface area contributed by atoms with Crippen molar-refractivity contribution in [1.29, 1.82) is 0 Å². The zero-order chi connectivity index (χ0) is 26.3. The smallest absolute Gasteiger partial charge is 0.265 e. The number of rotatable bonds is 6. The van der Waals surface area contributed by atoms with Gasteiger partial charge in [0, 0.05) is 28.7 Å². The zero-order valence-corrected chi connectivity index (χ0v) is 23.1. The second-order valence-electron chi connectivity index (χ2n) is 9.33. The summed E-state index contributed by atoms with van der Waals surface area (Å²) >= 11 is 4.69. The van der Waals surface area contributed by atoms with Crippen molar-refractivity contribution in [2.45, 2.75) is 26.2 Å². The molecule has 0 aliphatic carbocycles. The number of amides is 1. The van der Waals surface area contributed by atoms with E-state index in [1.807, 2.05) is 81.5 Å². The van der Waals surface area contributed by atoms with Crippen LogP contribution in [0, 0.1) is 0 Å². The Morgan fingerprint density at radius 1 is 1.03 bits per heavy atom. The number of carbonyl (C=O) groups is 1. The number of nitrogens with zero attached hydrogens (tertiary/aromatic N) is 9. The quantitative estimate of drug-likeness (QED) is 0.274. The highest BCUT2D eigenvalue weighted by Gasteiger charge is 2.27. The summed E-state index contributed by atoms with van der Waals surface area (Å²) in [5.41, 5.74) is 6.46. The lowest BCUT2D eigenvalue weighted by molar-refractivity contribution is 0.0711. The Labute approximate surface area is 235 Å². The molecule has 0 unspecified atom stereocenters. The van der Waals surface area contributed by atoms with Crippen LogP contribution in [0.1, 0.15) is 15.4 Å². The Morgan fingerprint density at radius 2 is 1.90 bits per heavy atom. The monoisotopic (exact) mass is 599 g/mol. The molecule has 2 aromatic carbocycles. The highest BCUT2D eigenvalue weighted by Crippen LogP contribution is 2.28. The van der Waals surface area contributed by atoms with Crippen LogP contribution in [0.3, 0.4) is 0 Å². The summed E-state index contributed by atoms with van der Waals surface area (Å²) in [5.74, 6) is -0.0227. The van der Waals surface area contributed by atoms with Gasteiger partial charge in [0.15, 0.2) is 0 Å². The Hall–Kier alpha value is -4.16. The summed E-state index contributed by atoms with van der Waals surface area (Å²) in [5, 5.41) is 13.3. The van der Waals surface area contributed by atoms with Crippen LogP contribution < -0.4 is 0 Å². The van der Waals surface area contributed by atoms with E-state index in [0.29, 0.717) is 31.1 Å². The Kier molecular flexibility index (Phi) is 6.05. The van der Waals surface area contributed by atoms with Gasteiger partial charge in [-0.1, -0.05) is 45.4 Å². The van der Waals surface area contributed by atoms with E-state index in [2.05, 4.69) is 51.3 Å². The number of aryl methyl sites for hydroxylation is 2. The number of hydrogen-bond acceptors (Lipinski definition) is 7. The minimum Gasteiger partial charge on any atom is -0.330 e. The Balaban J connectivity index is 1.06. The van der Waals surface area contributed by atoms with Crippen molar-refractivity contribution in [1.82, 2.24) is 43.6 Å². The number of carbonyl (C=O) groups excluding carboxylic acids is 1. The van der Waals surface area contributed by atoms with E-state index >= 15 is 0 Å². The van der Waals surface area contributed by atoms with Crippen LogP contribution in [0.25, 0.3) is 33.5 Å². The van der Waals surface area contributed by atoms with Crippen LogP contribution in [-0.4, -0.2) is 56.1 Å². The van der Waals surface area contributed by atoms with Crippen molar-refractivity contribution in [3.05, 3.63) is 88.4 Å². The molecule has 5 heterocycles. The molecule has 0 atom stereocenters. The zero-order valence-electron chi connectivity index (χ0n) is 20.7. The largest absolute Gasteiger partial charge is 0.330 e. The molecule has 1 aliphatic rings. The highest BCUT2D eigenvalue weighted by atomic mass is 79.9. The molecule has 0 fully saturated rings. The molecule has 194 valence electrons. The minimum absolute atomic E-state index is 0.0227. The molecule has 39 heavy (non-hydrogen) atoms. The summed E-state index contributed by atoms with van der Waals surface area (Å²) in [6.45, 7) is 3.06. The first-order valence-corrected chi connectivity index (χ1v) is 14.1. The lowest BCUT2D eigenvalue weighted by Crippen LogP contribution is -2.38. The third-order valence-electron chi connectivity index (χ3n) is 6.93. The number of aromatic nitrogens is 8. The topological polar surface area (TPSA) is 99.6 Å². The maximum absolute atomic E-state index is 13.4. The van der Waals surface area contributed by atoms with E-state index in [4.69, 9.17) is 0 Å². The number of para-hydroxylation sites is 2. The number of fused-ring (bicyclic) bond motifs is 2. The first-order chi connectivity index (χ1) is 19.1. The number of hydrogen-bond donors (Lipinski definition) is 0. The molecule has 0 saturated carbocycles. The first-order valence-electron chi connectivity index (χ1n) is 12.5. The Morgan fingerprint density at radius 3 is 2.79 bits per heavy atom. The van der Waals surface area contributed by atoms with Crippen LogP contribution in [0.5, 0.6) is 0 Å². The SMILES string of the molecule is O=C(c1cc(-c2ccc(Br)cc2)ns1)N1CCn2ncc(-c3cn(CCn4cnc5ccccc54)nn3)c2C1. The molecule has 1 amide bonds. The van der Waals surface area contributed by atoms with Crippen molar-refractivity contribution in [3.8, 4) is 22.5 Å². The first kappa shape index (κ1) is 23.9. The van der Waals surface area contributed by atoms with Gasteiger partial charge in [-0.05, 0) is 41.9 Å². The van der Waals surface area contributed by atoms with Crippen LogP contribution in [0.2, 0.25) is 0 Å². The predicted octanol–water partition coefficient (Wildman–Crippen LogP) is 4.73. The molecule has 10 nitrogen and oxygen atoms in total. The van der Waals surface area contributed by atoms with Gasteiger partial charge in [-0.3, -0.25) is 14.2 Å². The summed E-state index contributed by atoms with van der Waals surface area (Å²) < 4.78 is 11.4. The van der Waals surface area contributed by atoms with Gasteiger partial charge < -0.3 is 9.47 Å². The van der Waals surface area contributed by atoms with Crippen LogP contribution in [0.15, 0.2) is 77.8 Å². The molecule has 0 bridgehead atoms. The fraction of sp³-hybridized carbons (Fsp3) is 0.185. The fourth-order valence-corrected chi connectivity index (χ4v) is 5.84. The molecular formula is C27H22BrN9OS. The molecule has 0 spiro atoms. The van der Waals surface area contributed by atoms with Gasteiger partial charge in [0.25, 0.3) is 5.91 Å².